The Labute approximate surface area is 82.0 Å². The topological polar surface area (TPSA) is 71.4 Å². The first kappa shape index (κ1) is 11.4. The third kappa shape index (κ3) is 1.75. The molecule has 1 heterocycles. The highest BCUT2D eigenvalue weighted by molar-refractivity contribution is 7.91. The van der Waals surface area contributed by atoms with Crippen LogP contribution in [0.15, 0.2) is 0 Å². The van der Waals surface area contributed by atoms with Gasteiger partial charge in [-0.25, -0.2) is 12.8 Å². The molecule has 2 atom stereocenters. The highest BCUT2D eigenvalue weighted by atomic mass is 32.2. The highest BCUT2D eigenvalue weighted by Crippen LogP contribution is 2.38. The van der Waals surface area contributed by atoms with Crippen molar-refractivity contribution in [3.05, 3.63) is 0 Å². The van der Waals surface area contributed by atoms with Crippen LogP contribution in [0.3, 0.4) is 0 Å². The molecule has 1 fully saturated rings. The number of hydrogen-bond donors (Lipinski definition) is 1. The molecule has 0 aliphatic carbocycles. The van der Waals surface area contributed by atoms with Gasteiger partial charge in [0.25, 0.3) is 0 Å². The minimum absolute atomic E-state index is 0.123. The van der Waals surface area contributed by atoms with Crippen LogP contribution in [-0.2, 0) is 14.6 Å². The van der Waals surface area contributed by atoms with Gasteiger partial charge in [0.1, 0.15) is 11.6 Å². The molecule has 0 saturated carbocycles. The van der Waals surface area contributed by atoms with Gasteiger partial charge in [0.05, 0.1) is 11.5 Å². The van der Waals surface area contributed by atoms with Crippen LogP contribution < -0.4 is 0 Å². The lowest BCUT2D eigenvalue weighted by molar-refractivity contribution is -0.153. The summed E-state index contributed by atoms with van der Waals surface area (Å²) in [5, 5.41) is 8.89. The zero-order valence-corrected chi connectivity index (χ0v) is 8.68. The average Bonchev–Trinajstić information content (AvgIpc) is 2.03. The van der Waals surface area contributed by atoms with Crippen LogP contribution in [-0.4, -0.2) is 37.2 Å². The van der Waals surface area contributed by atoms with Gasteiger partial charge in [0.15, 0.2) is 9.84 Å². The van der Waals surface area contributed by atoms with Crippen LogP contribution in [0.1, 0.15) is 19.8 Å². The van der Waals surface area contributed by atoms with E-state index in [4.69, 9.17) is 5.11 Å². The number of carboxylic acids is 1. The van der Waals surface area contributed by atoms with E-state index in [1.807, 2.05) is 0 Å². The average molecular weight is 224 g/mol. The largest absolute Gasteiger partial charge is 0.481 e. The Bertz CT molecular complexity index is 337. The van der Waals surface area contributed by atoms with E-state index in [0.29, 0.717) is 0 Å². The molecule has 0 aromatic rings. The first-order valence-electron chi connectivity index (χ1n) is 4.42. The van der Waals surface area contributed by atoms with Crippen LogP contribution in [0, 0.1) is 5.41 Å². The zero-order valence-electron chi connectivity index (χ0n) is 7.86. The Morgan fingerprint density at radius 3 is 2.57 bits per heavy atom. The second-order valence-corrected chi connectivity index (χ2v) is 5.88. The van der Waals surface area contributed by atoms with E-state index < -0.39 is 33.1 Å². The van der Waals surface area contributed by atoms with Crippen molar-refractivity contribution in [1.29, 1.82) is 0 Å². The predicted octanol–water partition coefficient (Wildman–Crippen LogP) is 0.624. The molecule has 4 nitrogen and oxygen atoms in total. The Hall–Kier alpha value is -0.650. The van der Waals surface area contributed by atoms with Crippen LogP contribution in [0.2, 0.25) is 0 Å². The van der Waals surface area contributed by atoms with Gasteiger partial charge in [-0.3, -0.25) is 4.79 Å². The zero-order chi connectivity index (χ0) is 11.0. The van der Waals surface area contributed by atoms with E-state index in [9.17, 15) is 17.6 Å². The molecule has 0 bridgehead atoms. The van der Waals surface area contributed by atoms with Gasteiger partial charge >= 0.3 is 5.97 Å². The van der Waals surface area contributed by atoms with Crippen LogP contribution in [0.25, 0.3) is 0 Å². The number of halogens is 1. The minimum atomic E-state index is -3.38. The number of carbonyl (C=O) groups is 1. The van der Waals surface area contributed by atoms with E-state index in [0.717, 1.165) is 0 Å². The second kappa shape index (κ2) is 3.49. The SMILES string of the molecule is CCC1(C(=O)O)CCS(=O)(=O)CC1F. The molecule has 0 spiro atoms. The van der Waals surface area contributed by atoms with Gasteiger partial charge in [0.2, 0.25) is 0 Å². The Morgan fingerprint density at radius 2 is 2.21 bits per heavy atom. The smallest absolute Gasteiger partial charge is 0.312 e. The number of alkyl halides is 1. The molecular formula is C8H13FO4S. The van der Waals surface area contributed by atoms with Crippen molar-refractivity contribution >= 4 is 15.8 Å². The lowest BCUT2D eigenvalue weighted by Gasteiger charge is -2.34. The highest BCUT2D eigenvalue weighted by Gasteiger charge is 2.50. The van der Waals surface area contributed by atoms with Gasteiger partial charge in [0, 0.05) is 0 Å². The number of hydrogen-bond acceptors (Lipinski definition) is 3. The molecule has 1 rings (SSSR count). The molecule has 0 amide bonds. The molecule has 2 unspecified atom stereocenters. The summed E-state index contributed by atoms with van der Waals surface area (Å²) >= 11 is 0. The summed E-state index contributed by atoms with van der Waals surface area (Å²) in [6.45, 7) is 1.57. The summed E-state index contributed by atoms with van der Waals surface area (Å²) in [4.78, 5) is 10.9. The van der Waals surface area contributed by atoms with Gasteiger partial charge < -0.3 is 5.11 Å². The van der Waals surface area contributed by atoms with Crippen molar-refractivity contribution in [3.8, 4) is 0 Å². The second-order valence-electron chi connectivity index (χ2n) is 3.65. The Balaban J connectivity index is 2.98. The standard InChI is InChI=1S/C8H13FO4S/c1-2-8(7(10)11)3-4-14(12,13)5-6(8)9/h6H,2-5H2,1H3,(H,10,11). The maximum Gasteiger partial charge on any atom is 0.312 e. The summed E-state index contributed by atoms with van der Waals surface area (Å²) in [6, 6.07) is 0. The molecule has 0 aromatic carbocycles. The van der Waals surface area contributed by atoms with E-state index in [2.05, 4.69) is 0 Å². The number of sulfone groups is 1. The summed E-state index contributed by atoms with van der Waals surface area (Å²) in [5.41, 5.74) is -1.49. The van der Waals surface area contributed by atoms with Gasteiger partial charge in [-0.2, -0.15) is 0 Å². The molecule has 1 aliphatic rings. The quantitative estimate of drug-likeness (QED) is 0.746. The van der Waals surface area contributed by atoms with Crippen LogP contribution >= 0.6 is 0 Å². The van der Waals surface area contributed by atoms with E-state index in [-0.39, 0.29) is 18.6 Å². The molecule has 1 aliphatic heterocycles. The van der Waals surface area contributed by atoms with E-state index in [1.54, 1.807) is 6.92 Å². The van der Waals surface area contributed by atoms with Crippen molar-refractivity contribution in [1.82, 2.24) is 0 Å². The fraction of sp³-hybridized carbons (Fsp3) is 0.875. The Morgan fingerprint density at radius 1 is 1.64 bits per heavy atom. The van der Waals surface area contributed by atoms with Crippen molar-refractivity contribution in [2.45, 2.75) is 25.9 Å². The summed E-state index contributed by atoms with van der Waals surface area (Å²) in [6.07, 6.45) is -1.79. The molecule has 0 radical (unpaired) electrons. The lowest BCUT2D eigenvalue weighted by atomic mass is 9.78. The number of carboxylic acid groups (broad SMARTS) is 1. The Kier molecular flexibility index (Phi) is 2.85. The van der Waals surface area contributed by atoms with E-state index in [1.165, 1.54) is 0 Å². The molecule has 1 saturated heterocycles. The summed E-state index contributed by atoms with van der Waals surface area (Å²) in [5.74, 6) is -2.12. The maximum absolute atomic E-state index is 13.5. The molecular weight excluding hydrogens is 211 g/mol. The monoisotopic (exact) mass is 224 g/mol. The van der Waals surface area contributed by atoms with Crippen molar-refractivity contribution < 1.29 is 22.7 Å². The third-order valence-corrected chi connectivity index (χ3v) is 4.54. The van der Waals surface area contributed by atoms with Crippen molar-refractivity contribution in [2.24, 2.45) is 5.41 Å². The lowest BCUT2D eigenvalue weighted by Crippen LogP contribution is -2.48. The number of rotatable bonds is 2. The fourth-order valence-corrected chi connectivity index (χ4v) is 3.36. The van der Waals surface area contributed by atoms with E-state index >= 15 is 0 Å². The molecule has 82 valence electrons. The fourth-order valence-electron chi connectivity index (χ4n) is 1.75. The normalized spacial score (nSPS) is 36.6. The first-order chi connectivity index (χ1) is 6.34. The molecule has 0 aromatic heterocycles. The van der Waals surface area contributed by atoms with Crippen molar-refractivity contribution in [2.75, 3.05) is 11.5 Å². The van der Waals surface area contributed by atoms with Gasteiger partial charge in [-0.1, -0.05) is 6.92 Å². The third-order valence-electron chi connectivity index (χ3n) is 2.92. The first-order valence-corrected chi connectivity index (χ1v) is 6.24. The predicted molar refractivity (Wildman–Crippen MR) is 48.5 cm³/mol. The number of aliphatic carboxylic acids is 1. The molecule has 1 N–H and O–H groups in total. The maximum atomic E-state index is 13.5. The molecule has 14 heavy (non-hydrogen) atoms. The molecule has 6 heteroatoms. The van der Waals surface area contributed by atoms with Gasteiger partial charge in [-0.05, 0) is 12.8 Å². The minimum Gasteiger partial charge on any atom is -0.481 e. The van der Waals surface area contributed by atoms with Crippen LogP contribution in [0.5, 0.6) is 0 Å². The van der Waals surface area contributed by atoms with Crippen molar-refractivity contribution in [3.63, 3.8) is 0 Å². The van der Waals surface area contributed by atoms with Crippen LogP contribution in [0.4, 0.5) is 4.39 Å². The summed E-state index contributed by atoms with van der Waals surface area (Å²) < 4.78 is 35.6. The summed E-state index contributed by atoms with van der Waals surface area (Å²) in [7, 11) is -3.38. The van der Waals surface area contributed by atoms with Gasteiger partial charge in [-0.15, -0.1) is 0 Å².